The average molecular weight is 354 g/mol. The molecule has 1 atom stereocenters. The summed E-state index contributed by atoms with van der Waals surface area (Å²) in [5.74, 6) is -1.76. The highest BCUT2D eigenvalue weighted by Gasteiger charge is 2.37. The number of fused-ring (bicyclic) bond motifs is 1. The number of Topliss-reactive ketones (excluding diaryl/α,β-unsaturated/α-hetero) is 1. The van der Waals surface area contributed by atoms with Crippen molar-refractivity contribution in [2.75, 3.05) is 18.1 Å². The summed E-state index contributed by atoms with van der Waals surface area (Å²) in [5, 5.41) is 0. The molecule has 1 N–H and O–H groups in total. The van der Waals surface area contributed by atoms with Crippen LogP contribution in [0.15, 0.2) is 30.3 Å². The molecule has 4 nitrogen and oxygen atoms in total. The molecule has 0 aliphatic carbocycles. The van der Waals surface area contributed by atoms with Gasteiger partial charge in [-0.3, -0.25) is 14.5 Å². The zero-order chi connectivity index (χ0) is 16.6. The Kier molecular flexibility index (Phi) is 4.48. The van der Waals surface area contributed by atoms with Crippen LogP contribution in [0.3, 0.4) is 0 Å². The maximum atomic E-state index is 13.3. The minimum absolute atomic E-state index is 0.143. The second-order valence-electron chi connectivity index (χ2n) is 5.37. The number of thiophene rings is 1. The summed E-state index contributed by atoms with van der Waals surface area (Å²) in [7, 11) is 0. The number of benzene rings is 1. The molecule has 1 aromatic heterocycles. The van der Waals surface area contributed by atoms with E-state index in [9.17, 15) is 14.0 Å². The van der Waals surface area contributed by atoms with E-state index < -0.39 is 17.5 Å². The van der Waals surface area contributed by atoms with Crippen LogP contribution in [-0.2, 0) is 11.3 Å². The van der Waals surface area contributed by atoms with Gasteiger partial charge in [-0.2, -0.15) is 0 Å². The molecular weight excluding hydrogens is 339 g/mol. The van der Waals surface area contributed by atoms with Gasteiger partial charge in [0.2, 0.25) is 0 Å². The van der Waals surface area contributed by atoms with Gasteiger partial charge < -0.3 is 4.90 Å². The van der Waals surface area contributed by atoms with Crippen molar-refractivity contribution in [3.8, 4) is 0 Å². The Bertz CT molecular complexity index is 777. The van der Waals surface area contributed by atoms with Crippen molar-refractivity contribution in [3.05, 3.63) is 50.9 Å². The second-order valence-corrected chi connectivity index (χ2v) is 7.17. The smallest absolute Gasteiger partial charge is 0.303 e. The fourth-order valence-electron chi connectivity index (χ4n) is 2.64. The first-order valence-corrected chi connectivity index (χ1v) is 8.42. The number of nitrogens with zero attached hydrogens (tertiary/aromatic N) is 1. The Morgan fingerprint density at radius 2 is 2.04 bits per heavy atom. The summed E-state index contributed by atoms with van der Waals surface area (Å²) in [5.41, 5.74) is 0.626. The quantitative estimate of drug-likeness (QED) is 0.837. The van der Waals surface area contributed by atoms with Crippen molar-refractivity contribution in [1.29, 1.82) is 0 Å². The molecule has 0 radical (unpaired) electrons. The van der Waals surface area contributed by atoms with E-state index in [2.05, 4.69) is 0 Å². The number of amides is 1. The van der Waals surface area contributed by atoms with E-state index >= 15 is 0 Å². The number of quaternary nitrogens is 1. The predicted octanol–water partition coefficient (Wildman–Crippen LogP) is 2.13. The zero-order valence-corrected chi connectivity index (χ0v) is 14.0. The summed E-state index contributed by atoms with van der Waals surface area (Å²) in [4.78, 5) is 27.9. The maximum Gasteiger partial charge on any atom is 0.303 e. The zero-order valence-electron chi connectivity index (χ0n) is 12.4. The van der Waals surface area contributed by atoms with Gasteiger partial charge in [0.1, 0.15) is 12.4 Å². The van der Waals surface area contributed by atoms with Crippen LogP contribution in [0.4, 0.5) is 10.1 Å². The van der Waals surface area contributed by atoms with Gasteiger partial charge in [0.15, 0.2) is 6.67 Å². The molecule has 0 spiro atoms. The molecule has 1 amide bonds. The van der Waals surface area contributed by atoms with Crippen LogP contribution in [0.1, 0.15) is 22.2 Å². The molecule has 120 valence electrons. The first kappa shape index (κ1) is 16.1. The van der Waals surface area contributed by atoms with Gasteiger partial charge in [-0.15, -0.1) is 11.3 Å². The number of halogens is 2. The van der Waals surface area contributed by atoms with Crippen molar-refractivity contribution in [1.82, 2.24) is 0 Å². The Hall–Kier alpha value is -1.76. The molecule has 1 unspecified atom stereocenters. The Labute approximate surface area is 142 Å². The van der Waals surface area contributed by atoms with Crippen LogP contribution in [0.25, 0.3) is 0 Å². The first-order valence-electron chi connectivity index (χ1n) is 7.23. The second kappa shape index (κ2) is 6.39. The highest BCUT2D eigenvalue weighted by atomic mass is 35.5. The van der Waals surface area contributed by atoms with Crippen molar-refractivity contribution >= 4 is 40.3 Å². The van der Waals surface area contributed by atoms with Crippen LogP contribution in [0.2, 0.25) is 4.34 Å². The number of hydrogen-bond acceptors (Lipinski definition) is 3. The van der Waals surface area contributed by atoms with E-state index in [0.29, 0.717) is 18.9 Å². The highest BCUT2D eigenvalue weighted by Crippen LogP contribution is 2.28. The SMILES string of the molecule is CC[NH+](Cc1ccc(Cl)s1)CN1C(=O)C(=O)c2cc(F)ccc21. The van der Waals surface area contributed by atoms with Gasteiger partial charge >= 0.3 is 5.91 Å². The van der Waals surface area contributed by atoms with Crippen LogP contribution in [0, 0.1) is 5.82 Å². The standard InChI is InChI=1S/C16H14ClFN2O2S/c1-2-19(8-11-4-6-14(17)23-11)9-20-13-5-3-10(18)7-12(13)15(21)16(20)22/h3-7H,2,8-9H2,1H3/p+1. The minimum atomic E-state index is -0.644. The van der Waals surface area contributed by atoms with E-state index in [0.717, 1.165) is 26.7 Å². The third-order valence-corrected chi connectivity index (χ3v) is 5.10. The van der Waals surface area contributed by atoms with Gasteiger partial charge in [0.05, 0.1) is 27.0 Å². The number of nitrogens with one attached hydrogen (secondary N) is 1. The highest BCUT2D eigenvalue weighted by molar-refractivity contribution is 7.16. The number of carbonyl (C=O) groups excluding carboxylic acids is 2. The lowest BCUT2D eigenvalue weighted by atomic mass is 10.1. The normalized spacial score (nSPS) is 15.2. The fraction of sp³-hybridized carbons (Fsp3) is 0.250. The number of carbonyl (C=O) groups is 2. The van der Waals surface area contributed by atoms with Gasteiger partial charge in [-0.25, -0.2) is 4.39 Å². The van der Waals surface area contributed by atoms with E-state index in [-0.39, 0.29) is 5.56 Å². The Balaban J connectivity index is 1.81. The summed E-state index contributed by atoms with van der Waals surface area (Å²) in [6.07, 6.45) is 0. The molecule has 0 saturated carbocycles. The maximum absolute atomic E-state index is 13.3. The van der Waals surface area contributed by atoms with Crippen molar-refractivity contribution in [3.63, 3.8) is 0 Å². The van der Waals surface area contributed by atoms with Gasteiger partial charge in [-0.1, -0.05) is 11.6 Å². The molecule has 7 heteroatoms. The van der Waals surface area contributed by atoms with Crippen LogP contribution in [0.5, 0.6) is 0 Å². The Morgan fingerprint density at radius 1 is 1.26 bits per heavy atom. The molecule has 3 rings (SSSR count). The molecular formula is C16H15ClFN2O2S+. The van der Waals surface area contributed by atoms with Crippen molar-refractivity contribution in [2.45, 2.75) is 13.5 Å². The molecule has 23 heavy (non-hydrogen) atoms. The van der Waals surface area contributed by atoms with Gasteiger partial charge in [0, 0.05) is 0 Å². The first-order chi connectivity index (χ1) is 11.0. The molecule has 1 aliphatic heterocycles. The Morgan fingerprint density at radius 3 is 2.70 bits per heavy atom. The van der Waals surface area contributed by atoms with Gasteiger partial charge in [0.25, 0.3) is 5.78 Å². The summed E-state index contributed by atoms with van der Waals surface area (Å²) in [6.45, 7) is 3.86. The molecule has 0 saturated heterocycles. The van der Waals surface area contributed by atoms with Crippen molar-refractivity contribution in [2.24, 2.45) is 0 Å². The lowest BCUT2D eigenvalue weighted by Gasteiger charge is -2.23. The minimum Gasteiger partial charge on any atom is -0.313 e. The number of hydrogen-bond donors (Lipinski definition) is 1. The fourth-order valence-corrected chi connectivity index (χ4v) is 3.80. The summed E-state index contributed by atoms with van der Waals surface area (Å²) in [6, 6.07) is 7.69. The van der Waals surface area contributed by atoms with Crippen LogP contribution in [-0.4, -0.2) is 24.9 Å². The average Bonchev–Trinajstić information content (AvgIpc) is 3.03. The van der Waals surface area contributed by atoms with E-state index in [4.69, 9.17) is 11.6 Å². The molecule has 0 fully saturated rings. The third-order valence-electron chi connectivity index (χ3n) is 3.87. The van der Waals surface area contributed by atoms with Crippen LogP contribution < -0.4 is 9.80 Å². The number of anilines is 1. The molecule has 1 aromatic carbocycles. The topological polar surface area (TPSA) is 41.8 Å². The molecule has 2 heterocycles. The van der Waals surface area contributed by atoms with Crippen LogP contribution >= 0.6 is 22.9 Å². The third kappa shape index (κ3) is 3.15. The monoisotopic (exact) mass is 353 g/mol. The molecule has 0 bridgehead atoms. The van der Waals surface area contributed by atoms with E-state index in [1.165, 1.54) is 28.4 Å². The van der Waals surface area contributed by atoms with Gasteiger partial charge in [-0.05, 0) is 37.3 Å². The lowest BCUT2D eigenvalue weighted by molar-refractivity contribution is -0.910. The van der Waals surface area contributed by atoms with Crippen molar-refractivity contribution < 1.29 is 18.9 Å². The number of rotatable bonds is 5. The summed E-state index contributed by atoms with van der Waals surface area (Å²) < 4.78 is 14.0. The molecule has 1 aliphatic rings. The summed E-state index contributed by atoms with van der Waals surface area (Å²) >= 11 is 7.45. The van der Waals surface area contributed by atoms with E-state index in [1.807, 2.05) is 19.1 Å². The van der Waals surface area contributed by atoms with E-state index in [1.54, 1.807) is 0 Å². The predicted molar refractivity (Wildman–Crippen MR) is 87.6 cm³/mol. The lowest BCUT2D eigenvalue weighted by Crippen LogP contribution is -3.12. The largest absolute Gasteiger partial charge is 0.313 e. The molecule has 2 aromatic rings. The number of ketones is 1.